The number of Topliss-reactive ketones (excluding diaryl/α,β-unsaturated/α-hetero) is 1. The van der Waals surface area contributed by atoms with Gasteiger partial charge < -0.3 is 0 Å². The van der Waals surface area contributed by atoms with Crippen LogP contribution in [0.2, 0.25) is 0 Å². The van der Waals surface area contributed by atoms with Crippen molar-refractivity contribution in [2.45, 2.75) is 37.6 Å². The molecule has 0 radical (unpaired) electrons. The van der Waals surface area contributed by atoms with Gasteiger partial charge in [0.2, 0.25) is 6.08 Å². The molecular weight excluding hydrogens is 154 g/mol. The van der Waals surface area contributed by atoms with Gasteiger partial charge in [-0.05, 0) is 18.8 Å². The van der Waals surface area contributed by atoms with E-state index in [0.717, 1.165) is 12.8 Å². The standard InChI is InChI=1S/C9H11NO2/c11-6-10-9(4-8(12)5-9)7-2-1-3-7/h7H,1-5H2. The number of carbonyl (C=O) groups is 1. The van der Waals surface area contributed by atoms with Crippen LogP contribution >= 0.6 is 0 Å². The molecule has 3 heteroatoms. The van der Waals surface area contributed by atoms with E-state index in [1.165, 1.54) is 6.42 Å². The second kappa shape index (κ2) is 2.53. The zero-order valence-electron chi connectivity index (χ0n) is 6.88. The molecule has 0 amide bonds. The van der Waals surface area contributed by atoms with Crippen molar-refractivity contribution in [3.8, 4) is 0 Å². The van der Waals surface area contributed by atoms with Crippen LogP contribution in [-0.2, 0) is 9.59 Å². The van der Waals surface area contributed by atoms with E-state index in [9.17, 15) is 9.59 Å². The molecule has 3 nitrogen and oxygen atoms in total. The van der Waals surface area contributed by atoms with Gasteiger partial charge in [-0.15, -0.1) is 0 Å². The van der Waals surface area contributed by atoms with Crippen LogP contribution in [0.3, 0.4) is 0 Å². The maximum absolute atomic E-state index is 10.8. The minimum absolute atomic E-state index is 0.237. The number of isocyanates is 1. The average Bonchev–Trinajstić information content (AvgIpc) is 1.80. The minimum atomic E-state index is -0.308. The van der Waals surface area contributed by atoms with Crippen LogP contribution in [0.25, 0.3) is 0 Å². The number of carbonyl (C=O) groups excluding carboxylic acids is 2. The summed E-state index contributed by atoms with van der Waals surface area (Å²) in [6, 6.07) is 0. The fraction of sp³-hybridized carbons (Fsp3) is 0.778. The lowest BCUT2D eigenvalue weighted by atomic mass is 9.60. The predicted octanol–water partition coefficient (Wildman–Crippen LogP) is 1.22. The second-order valence-corrected chi connectivity index (χ2v) is 3.83. The van der Waals surface area contributed by atoms with Crippen LogP contribution in [0.5, 0.6) is 0 Å². The Labute approximate surface area is 70.9 Å². The molecule has 0 atom stereocenters. The van der Waals surface area contributed by atoms with Gasteiger partial charge >= 0.3 is 0 Å². The van der Waals surface area contributed by atoms with Crippen molar-refractivity contribution in [3.63, 3.8) is 0 Å². The SMILES string of the molecule is O=C=NC1(C2CCC2)CC(=O)C1. The van der Waals surface area contributed by atoms with Crippen molar-refractivity contribution in [2.24, 2.45) is 10.9 Å². The minimum Gasteiger partial charge on any atom is -0.300 e. The third-order valence-electron chi connectivity index (χ3n) is 3.14. The molecule has 2 fully saturated rings. The van der Waals surface area contributed by atoms with Crippen molar-refractivity contribution in [3.05, 3.63) is 0 Å². The molecule has 2 aliphatic rings. The van der Waals surface area contributed by atoms with Gasteiger partial charge in [0, 0.05) is 12.8 Å². The van der Waals surface area contributed by atoms with Gasteiger partial charge in [0.05, 0.1) is 5.54 Å². The highest BCUT2D eigenvalue weighted by Crippen LogP contribution is 2.48. The molecule has 0 aliphatic heterocycles. The van der Waals surface area contributed by atoms with Gasteiger partial charge in [-0.25, -0.2) is 4.79 Å². The first-order valence-corrected chi connectivity index (χ1v) is 4.37. The smallest absolute Gasteiger partial charge is 0.235 e. The monoisotopic (exact) mass is 165 g/mol. The highest BCUT2D eigenvalue weighted by atomic mass is 16.1. The van der Waals surface area contributed by atoms with Crippen LogP contribution in [0.1, 0.15) is 32.1 Å². The van der Waals surface area contributed by atoms with Crippen molar-refractivity contribution >= 4 is 11.9 Å². The summed E-state index contributed by atoms with van der Waals surface area (Å²) in [6.45, 7) is 0. The molecule has 0 N–H and O–H groups in total. The first-order valence-electron chi connectivity index (χ1n) is 4.37. The van der Waals surface area contributed by atoms with Crippen molar-refractivity contribution in [1.29, 1.82) is 0 Å². The third kappa shape index (κ3) is 0.935. The van der Waals surface area contributed by atoms with Gasteiger partial charge in [0.25, 0.3) is 0 Å². The average molecular weight is 165 g/mol. The Kier molecular flexibility index (Phi) is 1.62. The number of hydrogen-bond donors (Lipinski definition) is 0. The molecule has 0 unspecified atom stereocenters. The number of hydrogen-bond acceptors (Lipinski definition) is 3. The summed E-state index contributed by atoms with van der Waals surface area (Å²) in [6.07, 6.45) is 6.03. The van der Waals surface area contributed by atoms with E-state index in [4.69, 9.17) is 0 Å². The quantitative estimate of drug-likeness (QED) is 0.456. The van der Waals surface area contributed by atoms with E-state index in [1.807, 2.05) is 0 Å². The molecule has 0 aromatic rings. The summed E-state index contributed by atoms with van der Waals surface area (Å²) in [7, 11) is 0. The Morgan fingerprint density at radius 1 is 1.42 bits per heavy atom. The zero-order valence-corrected chi connectivity index (χ0v) is 6.88. The summed E-state index contributed by atoms with van der Waals surface area (Å²) in [5, 5.41) is 0. The molecule has 0 aromatic heterocycles. The van der Waals surface area contributed by atoms with Crippen LogP contribution < -0.4 is 0 Å². The molecule has 2 aliphatic carbocycles. The number of aliphatic imine (C=N–C) groups is 1. The van der Waals surface area contributed by atoms with Crippen molar-refractivity contribution in [1.82, 2.24) is 0 Å². The third-order valence-corrected chi connectivity index (χ3v) is 3.14. The highest BCUT2D eigenvalue weighted by molar-refractivity contribution is 5.88. The molecule has 0 bridgehead atoms. The Balaban J connectivity index is 2.12. The Morgan fingerprint density at radius 3 is 2.42 bits per heavy atom. The molecule has 12 heavy (non-hydrogen) atoms. The Morgan fingerprint density at radius 2 is 2.08 bits per heavy atom. The Hall–Kier alpha value is -0.950. The second-order valence-electron chi connectivity index (χ2n) is 3.83. The number of nitrogens with zero attached hydrogens (tertiary/aromatic N) is 1. The number of rotatable bonds is 2. The van der Waals surface area contributed by atoms with Crippen molar-refractivity contribution in [2.75, 3.05) is 0 Å². The van der Waals surface area contributed by atoms with Gasteiger partial charge in [-0.2, -0.15) is 4.99 Å². The lowest BCUT2D eigenvalue weighted by molar-refractivity contribution is -0.131. The molecular formula is C9H11NO2. The normalized spacial score (nSPS) is 26.8. The van der Waals surface area contributed by atoms with Gasteiger partial charge in [0.15, 0.2) is 0 Å². The van der Waals surface area contributed by atoms with E-state index in [2.05, 4.69) is 4.99 Å². The van der Waals surface area contributed by atoms with Crippen molar-refractivity contribution < 1.29 is 9.59 Å². The van der Waals surface area contributed by atoms with Gasteiger partial charge in [0.1, 0.15) is 5.78 Å². The fourth-order valence-corrected chi connectivity index (χ4v) is 2.13. The molecule has 2 rings (SSSR count). The molecule has 0 saturated heterocycles. The van der Waals surface area contributed by atoms with Crippen LogP contribution in [0.15, 0.2) is 4.99 Å². The molecule has 0 heterocycles. The number of ketones is 1. The fourth-order valence-electron chi connectivity index (χ4n) is 2.13. The molecule has 2 saturated carbocycles. The van der Waals surface area contributed by atoms with Crippen LogP contribution in [-0.4, -0.2) is 17.4 Å². The van der Waals surface area contributed by atoms with Gasteiger partial charge in [-0.1, -0.05) is 6.42 Å². The largest absolute Gasteiger partial charge is 0.300 e. The molecule has 64 valence electrons. The summed E-state index contributed by atoms with van der Waals surface area (Å²) < 4.78 is 0. The summed E-state index contributed by atoms with van der Waals surface area (Å²) >= 11 is 0. The lowest BCUT2D eigenvalue weighted by Crippen LogP contribution is -2.51. The van der Waals surface area contributed by atoms with E-state index >= 15 is 0 Å². The summed E-state index contributed by atoms with van der Waals surface area (Å²) in [4.78, 5) is 24.8. The summed E-state index contributed by atoms with van der Waals surface area (Å²) in [5.74, 6) is 0.720. The van der Waals surface area contributed by atoms with E-state index in [0.29, 0.717) is 18.8 Å². The predicted molar refractivity (Wildman–Crippen MR) is 42.4 cm³/mol. The van der Waals surface area contributed by atoms with E-state index in [1.54, 1.807) is 6.08 Å². The summed E-state index contributed by atoms with van der Waals surface area (Å²) in [5.41, 5.74) is -0.308. The maximum atomic E-state index is 10.8. The van der Waals surface area contributed by atoms with Crippen LogP contribution in [0, 0.1) is 5.92 Å². The first-order chi connectivity index (χ1) is 5.77. The Bertz CT molecular complexity index is 254. The van der Waals surface area contributed by atoms with Gasteiger partial charge in [-0.3, -0.25) is 4.79 Å². The molecule has 0 spiro atoms. The highest BCUT2D eigenvalue weighted by Gasteiger charge is 2.51. The lowest BCUT2D eigenvalue weighted by Gasteiger charge is -2.46. The topological polar surface area (TPSA) is 46.5 Å². The molecule has 0 aromatic carbocycles. The first kappa shape index (κ1) is 7.69. The van der Waals surface area contributed by atoms with E-state index < -0.39 is 0 Å². The van der Waals surface area contributed by atoms with Crippen LogP contribution in [0.4, 0.5) is 0 Å². The maximum Gasteiger partial charge on any atom is 0.235 e. The zero-order chi connectivity index (χ0) is 8.60. The van der Waals surface area contributed by atoms with E-state index in [-0.39, 0.29) is 11.3 Å².